The van der Waals surface area contributed by atoms with E-state index in [9.17, 15) is 4.79 Å². The van der Waals surface area contributed by atoms with Crippen LogP contribution in [0.5, 0.6) is 0 Å². The molecule has 0 bridgehead atoms. The fourth-order valence-corrected chi connectivity index (χ4v) is 2.52. The van der Waals surface area contributed by atoms with Crippen LogP contribution in [0.3, 0.4) is 0 Å². The standard InChI is InChI=1S/C17H17NO2/c1-3-18(4-2)17-11-15(19)14-9-12-7-5-6-8-13(12)10-16(14)20-17/h5-11H,3-4H2,1-2H3. The molecule has 0 aliphatic heterocycles. The van der Waals surface area contributed by atoms with Gasteiger partial charge in [-0.15, -0.1) is 0 Å². The summed E-state index contributed by atoms with van der Waals surface area (Å²) < 4.78 is 5.92. The molecule has 20 heavy (non-hydrogen) atoms. The number of benzene rings is 2. The van der Waals surface area contributed by atoms with Crippen LogP contribution in [-0.2, 0) is 0 Å². The highest BCUT2D eigenvalue weighted by molar-refractivity contribution is 5.95. The Labute approximate surface area is 117 Å². The lowest BCUT2D eigenvalue weighted by atomic mass is 10.1. The molecule has 102 valence electrons. The monoisotopic (exact) mass is 267 g/mol. The van der Waals surface area contributed by atoms with Gasteiger partial charge >= 0.3 is 0 Å². The summed E-state index contributed by atoms with van der Waals surface area (Å²) >= 11 is 0. The Morgan fingerprint density at radius 2 is 1.65 bits per heavy atom. The summed E-state index contributed by atoms with van der Waals surface area (Å²) in [6.07, 6.45) is 0. The van der Waals surface area contributed by atoms with Crippen molar-refractivity contribution in [2.24, 2.45) is 0 Å². The van der Waals surface area contributed by atoms with Gasteiger partial charge in [-0.1, -0.05) is 24.3 Å². The molecule has 0 unspecified atom stereocenters. The van der Waals surface area contributed by atoms with Crippen LogP contribution < -0.4 is 10.3 Å². The minimum absolute atomic E-state index is 0.0129. The van der Waals surface area contributed by atoms with Gasteiger partial charge in [0.2, 0.25) is 0 Å². The van der Waals surface area contributed by atoms with E-state index in [2.05, 4.69) is 0 Å². The molecule has 0 saturated heterocycles. The number of hydrogen-bond acceptors (Lipinski definition) is 3. The fourth-order valence-electron chi connectivity index (χ4n) is 2.52. The van der Waals surface area contributed by atoms with Crippen molar-refractivity contribution in [1.82, 2.24) is 0 Å². The lowest BCUT2D eigenvalue weighted by molar-refractivity contribution is 0.578. The van der Waals surface area contributed by atoms with E-state index in [1.807, 2.05) is 55.1 Å². The molecular weight excluding hydrogens is 250 g/mol. The van der Waals surface area contributed by atoms with Gasteiger partial charge in [0.1, 0.15) is 5.58 Å². The third-order valence-corrected chi connectivity index (χ3v) is 3.66. The number of nitrogens with zero attached hydrogens (tertiary/aromatic N) is 1. The summed E-state index contributed by atoms with van der Waals surface area (Å²) in [7, 11) is 0. The Balaban J connectivity index is 2.30. The van der Waals surface area contributed by atoms with E-state index in [1.54, 1.807) is 6.07 Å². The van der Waals surface area contributed by atoms with Crippen LogP contribution in [0.1, 0.15) is 13.8 Å². The predicted molar refractivity (Wildman–Crippen MR) is 83.6 cm³/mol. The molecule has 0 aliphatic rings. The van der Waals surface area contributed by atoms with Crippen LogP contribution in [0.25, 0.3) is 21.7 Å². The van der Waals surface area contributed by atoms with Crippen molar-refractivity contribution in [3.63, 3.8) is 0 Å². The summed E-state index contributed by atoms with van der Waals surface area (Å²) in [4.78, 5) is 14.3. The van der Waals surface area contributed by atoms with Crippen molar-refractivity contribution in [2.75, 3.05) is 18.0 Å². The molecule has 3 nitrogen and oxygen atoms in total. The summed E-state index contributed by atoms with van der Waals surface area (Å²) in [6, 6.07) is 13.4. The zero-order chi connectivity index (χ0) is 14.1. The first-order chi connectivity index (χ1) is 9.72. The number of anilines is 1. The SMILES string of the molecule is CCN(CC)c1cc(=O)c2cc3ccccc3cc2o1. The highest BCUT2D eigenvalue weighted by Crippen LogP contribution is 2.24. The van der Waals surface area contributed by atoms with Crippen LogP contribution in [0, 0.1) is 0 Å². The first-order valence-corrected chi connectivity index (χ1v) is 6.94. The normalized spacial score (nSPS) is 11.1. The maximum Gasteiger partial charge on any atom is 0.199 e. The predicted octanol–water partition coefficient (Wildman–Crippen LogP) is 3.79. The third kappa shape index (κ3) is 2.05. The van der Waals surface area contributed by atoms with Gasteiger partial charge in [0.25, 0.3) is 0 Å². The summed E-state index contributed by atoms with van der Waals surface area (Å²) in [5.41, 5.74) is 0.664. The molecule has 1 aromatic heterocycles. The molecular formula is C17H17NO2. The van der Waals surface area contributed by atoms with Crippen molar-refractivity contribution in [2.45, 2.75) is 13.8 Å². The topological polar surface area (TPSA) is 33.5 Å². The average molecular weight is 267 g/mol. The Hall–Kier alpha value is -2.29. The lowest BCUT2D eigenvalue weighted by Crippen LogP contribution is -2.23. The average Bonchev–Trinajstić information content (AvgIpc) is 2.47. The highest BCUT2D eigenvalue weighted by Gasteiger charge is 2.10. The maximum absolute atomic E-state index is 12.3. The number of rotatable bonds is 3. The van der Waals surface area contributed by atoms with E-state index >= 15 is 0 Å². The van der Waals surface area contributed by atoms with Gasteiger partial charge in [0, 0.05) is 19.2 Å². The second-order valence-electron chi connectivity index (χ2n) is 4.82. The smallest absolute Gasteiger partial charge is 0.199 e. The van der Waals surface area contributed by atoms with Crippen molar-refractivity contribution in [3.05, 3.63) is 52.7 Å². The van der Waals surface area contributed by atoms with Crippen LogP contribution in [-0.4, -0.2) is 13.1 Å². The molecule has 3 heteroatoms. The zero-order valence-electron chi connectivity index (χ0n) is 11.7. The second kappa shape index (κ2) is 5.00. The summed E-state index contributed by atoms with van der Waals surface area (Å²) in [5, 5.41) is 2.78. The molecule has 0 spiro atoms. The largest absolute Gasteiger partial charge is 0.440 e. The summed E-state index contributed by atoms with van der Waals surface area (Å²) in [6.45, 7) is 5.74. The molecule has 3 rings (SSSR count). The van der Waals surface area contributed by atoms with E-state index in [4.69, 9.17) is 4.42 Å². The molecule has 3 aromatic rings. The quantitative estimate of drug-likeness (QED) is 0.677. The first-order valence-electron chi connectivity index (χ1n) is 6.94. The van der Waals surface area contributed by atoms with E-state index in [0.29, 0.717) is 16.9 Å². The fraction of sp³-hybridized carbons (Fsp3) is 0.235. The molecule has 0 saturated carbocycles. The van der Waals surface area contributed by atoms with Crippen LogP contribution in [0.4, 0.5) is 5.88 Å². The summed E-state index contributed by atoms with van der Waals surface area (Å²) in [5.74, 6) is 0.641. The maximum atomic E-state index is 12.3. The van der Waals surface area contributed by atoms with Crippen molar-refractivity contribution >= 4 is 27.6 Å². The third-order valence-electron chi connectivity index (χ3n) is 3.66. The number of hydrogen-bond donors (Lipinski definition) is 0. The molecule has 0 aliphatic carbocycles. The second-order valence-corrected chi connectivity index (χ2v) is 4.82. The molecule has 0 atom stereocenters. The van der Waals surface area contributed by atoms with Crippen LogP contribution in [0.2, 0.25) is 0 Å². The van der Waals surface area contributed by atoms with Gasteiger partial charge in [0.05, 0.1) is 5.39 Å². The Morgan fingerprint density at radius 1 is 1.00 bits per heavy atom. The van der Waals surface area contributed by atoms with Crippen molar-refractivity contribution in [1.29, 1.82) is 0 Å². The van der Waals surface area contributed by atoms with Gasteiger partial charge in [-0.2, -0.15) is 0 Å². The molecule has 0 N–H and O–H groups in total. The zero-order valence-corrected chi connectivity index (χ0v) is 11.7. The minimum Gasteiger partial charge on any atom is -0.440 e. The van der Waals surface area contributed by atoms with Gasteiger partial charge in [-0.25, -0.2) is 0 Å². The van der Waals surface area contributed by atoms with Gasteiger partial charge < -0.3 is 9.32 Å². The Morgan fingerprint density at radius 3 is 2.30 bits per heavy atom. The van der Waals surface area contributed by atoms with Crippen molar-refractivity contribution < 1.29 is 4.42 Å². The Kier molecular flexibility index (Phi) is 3.18. The van der Waals surface area contributed by atoms with E-state index in [1.165, 1.54) is 0 Å². The van der Waals surface area contributed by atoms with Crippen LogP contribution >= 0.6 is 0 Å². The van der Waals surface area contributed by atoms with Crippen molar-refractivity contribution in [3.8, 4) is 0 Å². The van der Waals surface area contributed by atoms with Gasteiger partial charge in [-0.05, 0) is 36.8 Å². The molecule has 0 radical (unpaired) electrons. The van der Waals surface area contributed by atoms with Gasteiger partial charge in [0.15, 0.2) is 11.3 Å². The Bertz CT molecular complexity index is 816. The molecule has 0 fully saturated rings. The van der Waals surface area contributed by atoms with E-state index in [0.717, 1.165) is 23.9 Å². The molecule has 0 amide bonds. The minimum atomic E-state index is 0.0129. The van der Waals surface area contributed by atoms with E-state index < -0.39 is 0 Å². The number of fused-ring (bicyclic) bond motifs is 2. The molecule has 1 heterocycles. The first kappa shape index (κ1) is 12.7. The van der Waals surface area contributed by atoms with E-state index in [-0.39, 0.29) is 5.43 Å². The molecule has 2 aromatic carbocycles. The van der Waals surface area contributed by atoms with Gasteiger partial charge in [-0.3, -0.25) is 4.79 Å². The highest BCUT2D eigenvalue weighted by atomic mass is 16.4. The lowest BCUT2D eigenvalue weighted by Gasteiger charge is -2.19. The van der Waals surface area contributed by atoms with Crippen LogP contribution in [0.15, 0.2) is 51.7 Å².